The molecule has 2 rings (SSSR count). The Kier molecular flexibility index (Phi) is 3.90. The van der Waals surface area contributed by atoms with Crippen LogP contribution in [0, 0.1) is 0 Å². The van der Waals surface area contributed by atoms with E-state index in [9.17, 15) is 9.90 Å². The molecule has 3 nitrogen and oxygen atoms in total. The first-order chi connectivity index (χ1) is 8.78. The van der Waals surface area contributed by atoms with Crippen molar-refractivity contribution >= 4 is 11.8 Å². The molecular formula is C15H13NO2. The number of aliphatic imine (C=N–C) groups is 1. The molecule has 0 amide bonds. The molecule has 0 heterocycles. The highest BCUT2D eigenvalue weighted by Gasteiger charge is 1.97. The second-order valence-corrected chi connectivity index (χ2v) is 4.04. The third-order valence-corrected chi connectivity index (χ3v) is 2.75. The quantitative estimate of drug-likeness (QED) is 0.658. The van der Waals surface area contributed by atoms with E-state index in [1.54, 1.807) is 24.3 Å². The lowest BCUT2D eigenvalue weighted by Gasteiger charge is -2.02. The summed E-state index contributed by atoms with van der Waals surface area (Å²) in [6.07, 6.45) is 3.34. The summed E-state index contributed by atoms with van der Waals surface area (Å²) in [5.74, 6) is 0.287. The normalized spacial score (nSPS) is 9.78. The van der Waals surface area contributed by atoms with Gasteiger partial charge in [0.05, 0.1) is 5.69 Å². The highest BCUT2D eigenvalue weighted by atomic mass is 16.3. The zero-order valence-electron chi connectivity index (χ0n) is 9.84. The summed E-state index contributed by atoms with van der Waals surface area (Å²) in [7, 11) is 0. The van der Waals surface area contributed by atoms with Crippen LogP contribution in [0.1, 0.15) is 11.1 Å². The fourth-order valence-corrected chi connectivity index (χ4v) is 1.74. The smallest absolute Gasteiger partial charge is 0.240 e. The predicted octanol–water partition coefficient (Wildman–Crippen LogP) is 3.14. The van der Waals surface area contributed by atoms with Crippen LogP contribution in [0.4, 0.5) is 5.69 Å². The number of aromatic hydroxyl groups is 1. The zero-order valence-corrected chi connectivity index (χ0v) is 9.84. The maximum atomic E-state index is 10.1. The summed E-state index contributed by atoms with van der Waals surface area (Å²) in [5, 5.41) is 9.18. The molecule has 0 saturated heterocycles. The van der Waals surface area contributed by atoms with Gasteiger partial charge in [-0.25, -0.2) is 4.79 Å². The Morgan fingerprint density at radius 3 is 1.89 bits per heavy atom. The Morgan fingerprint density at radius 2 is 1.39 bits per heavy atom. The fourth-order valence-electron chi connectivity index (χ4n) is 1.74. The van der Waals surface area contributed by atoms with Gasteiger partial charge in [-0.1, -0.05) is 24.3 Å². The van der Waals surface area contributed by atoms with Crippen LogP contribution in [0.15, 0.2) is 53.5 Å². The van der Waals surface area contributed by atoms with Gasteiger partial charge in [-0.05, 0) is 48.2 Å². The number of hydrogen-bond donors (Lipinski definition) is 1. The standard InChI is InChI=1S/C15H13NO2/c17-11-16-14-7-3-12(4-8-14)1-2-13-5-9-15(18)10-6-13/h3-10,18H,1-2H2. The average Bonchev–Trinajstić information content (AvgIpc) is 2.40. The van der Waals surface area contributed by atoms with Crippen LogP contribution >= 0.6 is 0 Å². The number of nitrogens with zero attached hydrogens (tertiary/aromatic N) is 1. The number of carbonyl (C=O) groups excluding carboxylic acids is 1. The van der Waals surface area contributed by atoms with E-state index in [-0.39, 0.29) is 5.75 Å². The molecule has 0 radical (unpaired) electrons. The van der Waals surface area contributed by atoms with Gasteiger partial charge in [-0.3, -0.25) is 0 Å². The highest BCUT2D eigenvalue weighted by molar-refractivity contribution is 5.49. The molecule has 0 aliphatic carbocycles. The third-order valence-electron chi connectivity index (χ3n) is 2.75. The van der Waals surface area contributed by atoms with Crippen molar-refractivity contribution in [3.8, 4) is 5.75 Å². The van der Waals surface area contributed by atoms with Crippen molar-refractivity contribution in [2.75, 3.05) is 0 Å². The monoisotopic (exact) mass is 239 g/mol. The molecule has 0 bridgehead atoms. The molecule has 0 fully saturated rings. The van der Waals surface area contributed by atoms with Crippen LogP contribution < -0.4 is 0 Å². The minimum Gasteiger partial charge on any atom is -0.508 e. The van der Waals surface area contributed by atoms with Crippen LogP contribution in [-0.2, 0) is 17.6 Å². The van der Waals surface area contributed by atoms with Crippen LogP contribution in [0.5, 0.6) is 5.75 Å². The third kappa shape index (κ3) is 3.30. The topological polar surface area (TPSA) is 49.7 Å². The van der Waals surface area contributed by atoms with Crippen molar-refractivity contribution in [2.45, 2.75) is 12.8 Å². The second kappa shape index (κ2) is 5.80. The van der Waals surface area contributed by atoms with Crippen molar-refractivity contribution in [2.24, 2.45) is 4.99 Å². The number of benzene rings is 2. The Morgan fingerprint density at radius 1 is 0.889 bits per heavy atom. The Balaban J connectivity index is 1.97. The zero-order chi connectivity index (χ0) is 12.8. The maximum Gasteiger partial charge on any atom is 0.240 e. The van der Waals surface area contributed by atoms with Gasteiger partial charge in [0, 0.05) is 0 Å². The molecule has 1 N–H and O–H groups in total. The molecule has 18 heavy (non-hydrogen) atoms. The van der Waals surface area contributed by atoms with E-state index in [1.807, 2.05) is 24.3 Å². The van der Waals surface area contributed by atoms with Crippen LogP contribution in [-0.4, -0.2) is 11.2 Å². The maximum absolute atomic E-state index is 10.1. The minimum atomic E-state index is 0.287. The van der Waals surface area contributed by atoms with Gasteiger partial charge < -0.3 is 5.11 Å². The van der Waals surface area contributed by atoms with E-state index in [4.69, 9.17) is 0 Å². The highest BCUT2D eigenvalue weighted by Crippen LogP contribution is 2.15. The molecule has 0 aliphatic rings. The summed E-state index contributed by atoms with van der Waals surface area (Å²) < 4.78 is 0. The van der Waals surface area contributed by atoms with Gasteiger partial charge in [0.15, 0.2) is 0 Å². The van der Waals surface area contributed by atoms with E-state index in [1.165, 1.54) is 17.2 Å². The number of hydrogen-bond acceptors (Lipinski definition) is 3. The van der Waals surface area contributed by atoms with E-state index in [0.717, 1.165) is 12.8 Å². The fraction of sp³-hybridized carbons (Fsp3) is 0.133. The largest absolute Gasteiger partial charge is 0.508 e. The first-order valence-electron chi connectivity index (χ1n) is 5.72. The Labute approximate surface area is 105 Å². The Hall–Kier alpha value is -2.38. The molecule has 2 aromatic rings. The van der Waals surface area contributed by atoms with E-state index in [2.05, 4.69) is 4.99 Å². The summed E-state index contributed by atoms with van der Waals surface area (Å²) in [4.78, 5) is 13.6. The van der Waals surface area contributed by atoms with Crippen LogP contribution in [0.2, 0.25) is 0 Å². The molecular weight excluding hydrogens is 226 g/mol. The molecule has 90 valence electrons. The SMILES string of the molecule is O=C=Nc1ccc(CCc2ccc(O)cc2)cc1. The van der Waals surface area contributed by atoms with Crippen molar-refractivity contribution in [1.29, 1.82) is 0 Å². The molecule has 3 heteroatoms. The lowest BCUT2D eigenvalue weighted by atomic mass is 10.0. The first kappa shape index (κ1) is 12.1. The summed E-state index contributed by atoms with van der Waals surface area (Å²) >= 11 is 0. The Bertz CT molecular complexity index is 552. The van der Waals surface area contributed by atoms with E-state index >= 15 is 0 Å². The van der Waals surface area contributed by atoms with Gasteiger partial charge in [-0.15, -0.1) is 0 Å². The van der Waals surface area contributed by atoms with Gasteiger partial charge in [0.1, 0.15) is 5.75 Å². The minimum absolute atomic E-state index is 0.287. The molecule has 0 aromatic heterocycles. The average molecular weight is 239 g/mol. The van der Waals surface area contributed by atoms with Crippen LogP contribution in [0.3, 0.4) is 0 Å². The number of phenolic OH excluding ortho intramolecular Hbond substituents is 1. The first-order valence-corrected chi connectivity index (χ1v) is 5.72. The molecule has 0 saturated carbocycles. The van der Waals surface area contributed by atoms with Gasteiger partial charge in [0.25, 0.3) is 0 Å². The molecule has 0 atom stereocenters. The predicted molar refractivity (Wildman–Crippen MR) is 69.7 cm³/mol. The summed E-state index contributed by atoms with van der Waals surface area (Å²) in [5.41, 5.74) is 2.99. The summed E-state index contributed by atoms with van der Waals surface area (Å²) in [6.45, 7) is 0. The molecule has 0 aliphatic heterocycles. The van der Waals surface area contributed by atoms with E-state index < -0.39 is 0 Å². The number of isocyanates is 1. The number of aryl methyl sites for hydroxylation is 2. The van der Waals surface area contributed by atoms with Crippen molar-refractivity contribution < 1.29 is 9.90 Å². The second-order valence-electron chi connectivity index (χ2n) is 4.04. The van der Waals surface area contributed by atoms with Crippen molar-refractivity contribution in [3.05, 3.63) is 59.7 Å². The molecule has 0 unspecified atom stereocenters. The van der Waals surface area contributed by atoms with Gasteiger partial charge >= 0.3 is 0 Å². The van der Waals surface area contributed by atoms with Crippen molar-refractivity contribution in [3.63, 3.8) is 0 Å². The molecule has 2 aromatic carbocycles. The van der Waals surface area contributed by atoms with Crippen molar-refractivity contribution in [1.82, 2.24) is 0 Å². The molecule has 0 spiro atoms. The summed E-state index contributed by atoms with van der Waals surface area (Å²) in [6, 6.07) is 14.7. The lowest BCUT2D eigenvalue weighted by molar-refractivity contribution is 0.475. The van der Waals surface area contributed by atoms with Crippen LogP contribution in [0.25, 0.3) is 0 Å². The lowest BCUT2D eigenvalue weighted by Crippen LogP contribution is -1.90. The number of phenols is 1. The number of rotatable bonds is 4. The van der Waals surface area contributed by atoms with Gasteiger partial charge in [-0.2, -0.15) is 4.99 Å². The van der Waals surface area contributed by atoms with Gasteiger partial charge in [0.2, 0.25) is 6.08 Å². The van der Waals surface area contributed by atoms with E-state index in [0.29, 0.717) is 5.69 Å².